The minimum absolute atomic E-state index is 0.109. The van der Waals surface area contributed by atoms with Gasteiger partial charge in [-0.2, -0.15) is 0 Å². The molecule has 26 heavy (non-hydrogen) atoms. The number of nitrogens with zero attached hydrogens (tertiary/aromatic N) is 1. The van der Waals surface area contributed by atoms with Gasteiger partial charge in [-0.1, -0.05) is 18.2 Å². The van der Waals surface area contributed by atoms with E-state index in [1.165, 1.54) is 37.2 Å². The number of sulfonamides is 1. The standard InChI is InChI=1S/C19H17NO3S3/c1-20(2)26(22,23)17-6-3-5-14(12-17)18(21)9-8-16-11-15(13-25-16)19-7-4-10-24-19/h3-13H,1-2H3/b9-8-. The van der Waals surface area contributed by atoms with Crippen molar-refractivity contribution < 1.29 is 13.2 Å². The summed E-state index contributed by atoms with van der Waals surface area (Å²) in [5.74, 6) is -0.230. The lowest BCUT2D eigenvalue weighted by atomic mass is 10.1. The van der Waals surface area contributed by atoms with Crippen LogP contribution in [0.2, 0.25) is 0 Å². The van der Waals surface area contributed by atoms with Gasteiger partial charge in [0.2, 0.25) is 10.0 Å². The second-order valence-electron chi connectivity index (χ2n) is 5.73. The zero-order chi connectivity index (χ0) is 18.7. The summed E-state index contributed by atoms with van der Waals surface area (Å²) in [7, 11) is -0.634. The average molecular weight is 404 g/mol. The molecule has 0 unspecified atom stereocenters. The fraction of sp³-hybridized carbons (Fsp3) is 0.105. The Hall–Kier alpha value is -2.06. The van der Waals surface area contributed by atoms with Crippen LogP contribution in [0.4, 0.5) is 0 Å². The highest BCUT2D eigenvalue weighted by Gasteiger charge is 2.18. The number of carbonyl (C=O) groups is 1. The van der Waals surface area contributed by atoms with Crippen LogP contribution in [0.3, 0.4) is 0 Å². The van der Waals surface area contributed by atoms with Crippen molar-refractivity contribution >= 4 is 44.6 Å². The van der Waals surface area contributed by atoms with Crippen molar-refractivity contribution in [2.75, 3.05) is 14.1 Å². The average Bonchev–Trinajstić information content (AvgIpc) is 3.31. The highest BCUT2D eigenvalue weighted by Crippen LogP contribution is 2.29. The summed E-state index contributed by atoms with van der Waals surface area (Å²) in [6.07, 6.45) is 3.24. The molecule has 2 heterocycles. The van der Waals surface area contributed by atoms with Gasteiger partial charge in [0.05, 0.1) is 4.90 Å². The third-order valence-electron chi connectivity index (χ3n) is 3.72. The maximum atomic E-state index is 12.4. The van der Waals surface area contributed by atoms with Gasteiger partial charge in [0, 0.05) is 35.0 Å². The zero-order valence-corrected chi connectivity index (χ0v) is 16.7. The van der Waals surface area contributed by atoms with Crippen molar-refractivity contribution in [2.24, 2.45) is 0 Å². The van der Waals surface area contributed by atoms with E-state index in [1.807, 2.05) is 17.5 Å². The molecule has 2 aromatic heterocycles. The van der Waals surface area contributed by atoms with E-state index in [0.717, 1.165) is 14.7 Å². The van der Waals surface area contributed by atoms with Crippen LogP contribution in [0, 0.1) is 0 Å². The molecule has 0 atom stereocenters. The molecule has 4 nitrogen and oxygen atoms in total. The Morgan fingerprint density at radius 3 is 2.58 bits per heavy atom. The number of thiophene rings is 2. The van der Waals surface area contributed by atoms with Crippen molar-refractivity contribution in [1.29, 1.82) is 0 Å². The third-order valence-corrected chi connectivity index (χ3v) is 7.35. The van der Waals surface area contributed by atoms with E-state index in [9.17, 15) is 13.2 Å². The molecule has 0 aliphatic rings. The van der Waals surface area contributed by atoms with Crippen LogP contribution in [0.1, 0.15) is 15.2 Å². The molecule has 1 aromatic carbocycles. The van der Waals surface area contributed by atoms with Crippen LogP contribution >= 0.6 is 22.7 Å². The minimum atomic E-state index is -3.56. The Kier molecular flexibility index (Phi) is 5.52. The molecule has 0 aliphatic carbocycles. The van der Waals surface area contributed by atoms with Crippen LogP contribution in [0.25, 0.3) is 16.5 Å². The molecule has 0 saturated carbocycles. The van der Waals surface area contributed by atoms with Gasteiger partial charge in [-0.05, 0) is 47.2 Å². The second kappa shape index (κ2) is 7.67. The van der Waals surface area contributed by atoms with Gasteiger partial charge in [0.15, 0.2) is 5.78 Å². The molecule has 134 valence electrons. The SMILES string of the molecule is CN(C)S(=O)(=O)c1cccc(C(=O)/C=C\c2cc(-c3cccs3)cs2)c1. The Bertz CT molecular complexity index is 1050. The molecule has 0 saturated heterocycles. The number of ketones is 1. The lowest BCUT2D eigenvalue weighted by molar-refractivity contribution is 0.104. The lowest BCUT2D eigenvalue weighted by Gasteiger charge is -2.11. The molecule has 3 rings (SSSR count). The summed E-state index contributed by atoms with van der Waals surface area (Å²) in [6, 6.07) is 12.2. The topological polar surface area (TPSA) is 54.5 Å². The number of allylic oxidation sites excluding steroid dienone is 1. The predicted molar refractivity (Wildman–Crippen MR) is 108 cm³/mol. The van der Waals surface area contributed by atoms with Gasteiger partial charge in [-0.3, -0.25) is 4.79 Å². The first-order valence-corrected chi connectivity index (χ1v) is 11.0. The van der Waals surface area contributed by atoms with Gasteiger partial charge in [-0.15, -0.1) is 22.7 Å². The highest BCUT2D eigenvalue weighted by atomic mass is 32.2. The summed E-state index contributed by atoms with van der Waals surface area (Å²) in [5, 5.41) is 4.08. The summed E-state index contributed by atoms with van der Waals surface area (Å²) < 4.78 is 25.5. The molecule has 0 spiro atoms. The van der Waals surface area contributed by atoms with E-state index in [1.54, 1.807) is 40.9 Å². The minimum Gasteiger partial charge on any atom is -0.289 e. The Morgan fingerprint density at radius 1 is 1.08 bits per heavy atom. The lowest BCUT2D eigenvalue weighted by Crippen LogP contribution is -2.22. The zero-order valence-electron chi connectivity index (χ0n) is 14.2. The quantitative estimate of drug-likeness (QED) is 0.446. The highest BCUT2D eigenvalue weighted by molar-refractivity contribution is 7.89. The van der Waals surface area contributed by atoms with E-state index < -0.39 is 10.0 Å². The van der Waals surface area contributed by atoms with E-state index in [4.69, 9.17) is 0 Å². The van der Waals surface area contributed by atoms with Gasteiger partial charge in [-0.25, -0.2) is 12.7 Å². The normalized spacial score (nSPS) is 12.1. The van der Waals surface area contributed by atoms with Gasteiger partial charge in [0.25, 0.3) is 0 Å². The first-order valence-electron chi connectivity index (χ1n) is 7.75. The second-order valence-corrected chi connectivity index (χ2v) is 9.77. The first-order chi connectivity index (χ1) is 12.4. The summed E-state index contributed by atoms with van der Waals surface area (Å²) in [4.78, 5) is 14.7. The maximum Gasteiger partial charge on any atom is 0.242 e. The number of carbonyl (C=O) groups excluding carboxylic acids is 1. The summed E-state index contributed by atoms with van der Waals surface area (Å²) >= 11 is 3.23. The van der Waals surface area contributed by atoms with Gasteiger partial charge < -0.3 is 0 Å². The molecule has 0 fully saturated rings. The fourth-order valence-corrected chi connectivity index (χ4v) is 4.82. The van der Waals surface area contributed by atoms with Crippen LogP contribution < -0.4 is 0 Å². The molecule has 0 aliphatic heterocycles. The molecular weight excluding hydrogens is 386 g/mol. The molecule has 0 bridgehead atoms. The van der Waals surface area contributed by atoms with Crippen LogP contribution in [-0.4, -0.2) is 32.6 Å². The van der Waals surface area contributed by atoms with E-state index >= 15 is 0 Å². The molecule has 3 aromatic rings. The Morgan fingerprint density at radius 2 is 1.88 bits per heavy atom. The third kappa shape index (κ3) is 4.02. The van der Waals surface area contributed by atoms with E-state index in [-0.39, 0.29) is 10.7 Å². The Labute approximate surface area is 161 Å². The van der Waals surface area contributed by atoms with Crippen molar-refractivity contribution in [1.82, 2.24) is 4.31 Å². The van der Waals surface area contributed by atoms with Crippen molar-refractivity contribution in [3.63, 3.8) is 0 Å². The van der Waals surface area contributed by atoms with Crippen LogP contribution in [0.5, 0.6) is 0 Å². The molecule has 0 amide bonds. The molecule has 0 N–H and O–H groups in total. The maximum absolute atomic E-state index is 12.4. The summed E-state index contributed by atoms with van der Waals surface area (Å²) in [5.41, 5.74) is 1.48. The van der Waals surface area contributed by atoms with Crippen molar-refractivity contribution in [3.8, 4) is 10.4 Å². The monoisotopic (exact) mass is 403 g/mol. The fourth-order valence-electron chi connectivity index (χ4n) is 2.29. The molecule has 7 heteroatoms. The Balaban J connectivity index is 1.79. The number of hydrogen-bond acceptors (Lipinski definition) is 5. The number of hydrogen-bond donors (Lipinski definition) is 0. The largest absolute Gasteiger partial charge is 0.289 e. The predicted octanol–water partition coefficient (Wildman–Crippen LogP) is 4.62. The van der Waals surface area contributed by atoms with Crippen LogP contribution in [-0.2, 0) is 10.0 Å². The van der Waals surface area contributed by atoms with E-state index in [0.29, 0.717) is 5.56 Å². The molecular formula is C19H17NO3S3. The smallest absolute Gasteiger partial charge is 0.242 e. The molecule has 0 radical (unpaired) electrons. The van der Waals surface area contributed by atoms with Crippen molar-refractivity contribution in [3.05, 3.63) is 69.7 Å². The number of rotatable bonds is 6. The number of benzene rings is 1. The van der Waals surface area contributed by atoms with Gasteiger partial charge >= 0.3 is 0 Å². The van der Waals surface area contributed by atoms with Gasteiger partial charge in [0.1, 0.15) is 0 Å². The van der Waals surface area contributed by atoms with Crippen LogP contribution in [0.15, 0.2) is 64.2 Å². The first kappa shape index (κ1) is 18.7. The summed E-state index contributed by atoms with van der Waals surface area (Å²) in [6.45, 7) is 0. The van der Waals surface area contributed by atoms with E-state index in [2.05, 4.69) is 11.4 Å². The van der Waals surface area contributed by atoms with Crippen molar-refractivity contribution in [2.45, 2.75) is 4.90 Å².